The molecule has 0 radical (unpaired) electrons. The third kappa shape index (κ3) is 3.78. The van der Waals surface area contributed by atoms with Crippen LogP contribution in [0.25, 0.3) is 0 Å². The van der Waals surface area contributed by atoms with Gasteiger partial charge in [0, 0.05) is 17.6 Å². The Morgan fingerprint density at radius 2 is 2.35 bits per heavy atom. The molecule has 1 unspecified atom stereocenters. The molecule has 1 aromatic heterocycles. The summed E-state index contributed by atoms with van der Waals surface area (Å²) >= 11 is 1.61. The van der Waals surface area contributed by atoms with Crippen LogP contribution in [0.1, 0.15) is 43.7 Å². The first-order valence-electron chi connectivity index (χ1n) is 6.18. The normalized spacial score (nSPS) is 18.2. The highest BCUT2D eigenvalue weighted by molar-refractivity contribution is 7.09. The molecule has 0 aliphatic heterocycles. The van der Waals surface area contributed by atoms with E-state index in [0.717, 1.165) is 17.8 Å². The van der Waals surface area contributed by atoms with Crippen LogP contribution in [0, 0.1) is 0 Å². The van der Waals surface area contributed by atoms with Gasteiger partial charge >= 0.3 is 0 Å². The van der Waals surface area contributed by atoms with Gasteiger partial charge in [-0.25, -0.2) is 4.98 Å². The SMILES string of the molecule is CC(NCC(=O)NC1CCCC1)c1nccs1. The molecule has 1 aromatic rings. The van der Waals surface area contributed by atoms with Crippen molar-refractivity contribution in [2.24, 2.45) is 0 Å². The van der Waals surface area contributed by atoms with Gasteiger partial charge in [0.15, 0.2) is 0 Å². The second-order valence-corrected chi connectivity index (χ2v) is 5.45. The average Bonchev–Trinajstić information content (AvgIpc) is 2.97. The number of thiazole rings is 1. The largest absolute Gasteiger partial charge is 0.352 e. The minimum Gasteiger partial charge on any atom is -0.352 e. The van der Waals surface area contributed by atoms with Crippen molar-refractivity contribution in [2.75, 3.05) is 6.54 Å². The van der Waals surface area contributed by atoms with Crippen LogP contribution in [0.4, 0.5) is 0 Å². The summed E-state index contributed by atoms with van der Waals surface area (Å²) in [6.07, 6.45) is 6.54. The molecule has 1 heterocycles. The van der Waals surface area contributed by atoms with Gasteiger partial charge in [0.2, 0.25) is 5.91 Å². The Kier molecular flexibility index (Phi) is 4.50. The molecule has 94 valence electrons. The Labute approximate surface area is 106 Å². The van der Waals surface area contributed by atoms with Gasteiger partial charge in [0.25, 0.3) is 0 Å². The Morgan fingerprint density at radius 3 is 3.00 bits per heavy atom. The zero-order valence-electron chi connectivity index (χ0n) is 10.1. The molecule has 1 aliphatic rings. The van der Waals surface area contributed by atoms with Crippen molar-refractivity contribution in [3.63, 3.8) is 0 Å². The molecule has 0 aromatic carbocycles. The van der Waals surface area contributed by atoms with E-state index in [1.54, 1.807) is 17.5 Å². The van der Waals surface area contributed by atoms with Gasteiger partial charge in [-0.3, -0.25) is 10.1 Å². The van der Waals surface area contributed by atoms with Crippen LogP contribution in [0.15, 0.2) is 11.6 Å². The van der Waals surface area contributed by atoms with E-state index in [4.69, 9.17) is 0 Å². The lowest BCUT2D eigenvalue weighted by Gasteiger charge is -2.14. The Morgan fingerprint density at radius 1 is 1.59 bits per heavy atom. The fraction of sp³-hybridized carbons (Fsp3) is 0.667. The monoisotopic (exact) mass is 253 g/mol. The summed E-state index contributed by atoms with van der Waals surface area (Å²) in [5, 5.41) is 9.23. The van der Waals surface area contributed by atoms with Crippen LogP contribution in [0.3, 0.4) is 0 Å². The van der Waals surface area contributed by atoms with Gasteiger partial charge in [-0.05, 0) is 19.8 Å². The second kappa shape index (κ2) is 6.12. The average molecular weight is 253 g/mol. The molecule has 1 aliphatic carbocycles. The van der Waals surface area contributed by atoms with Crippen molar-refractivity contribution in [3.05, 3.63) is 16.6 Å². The molecule has 1 fully saturated rings. The zero-order chi connectivity index (χ0) is 12.1. The maximum atomic E-state index is 11.7. The molecule has 17 heavy (non-hydrogen) atoms. The van der Waals surface area contributed by atoms with E-state index in [-0.39, 0.29) is 11.9 Å². The fourth-order valence-corrected chi connectivity index (χ4v) is 2.80. The van der Waals surface area contributed by atoms with E-state index in [9.17, 15) is 4.79 Å². The van der Waals surface area contributed by atoms with Crippen molar-refractivity contribution in [1.29, 1.82) is 0 Å². The van der Waals surface area contributed by atoms with Gasteiger partial charge < -0.3 is 5.32 Å². The molecule has 1 atom stereocenters. The lowest BCUT2D eigenvalue weighted by molar-refractivity contribution is -0.121. The highest BCUT2D eigenvalue weighted by Crippen LogP contribution is 2.17. The maximum absolute atomic E-state index is 11.7. The molecular formula is C12H19N3OS. The highest BCUT2D eigenvalue weighted by atomic mass is 32.1. The number of hydrogen-bond acceptors (Lipinski definition) is 4. The summed E-state index contributed by atoms with van der Waals surface area (Å²) in [7, 11) is 0. The molecule has 5 heteroatoms. The Hall–Kier alpha value is -0.940. The first kappa shape index (κ1) is 12.5. The van der Waals surface area contributed by atoms with Crippen molar-refractivity contribution in [1.82, 2.24) is 15.6 Å². The summed E-state index contributed by atoms with van der Waals surface area (Å²) in [5.41, 5.74) is 0. The van der Waals surface area contributed by atoms with E-state index in [0.29, 0.717) is 12.6 Å². The molecule has 2 rings (SSSR count). The van der Waals surface area contributed by atoms with E-state index in [1.165, 1.54) is 12.8 Å². The van der Waals surface area contributed by atoms with Crippen molar-refractivity contribution in [3.8, 4) is 0 Å². The Bertz CT molecular complexity index is 347. The van der Waals surface area contributed by atoms with Crippen molar-refractivity contribution >= 4 is 17.2 Å². The Balaban J connectivity index is 1.68. The van der Waals surface area contributed by atoms with Crippen molar-refractivity contribution < 1.29 is 4.79 Å². The predicted molar refractivity (Wildman–Crippen MR) is 68.9 cm³/mol. The molecule has 4 nitrogen and oxygen atoms in total. The number of nitrogens with zero attached hydrogens (tertiary/aromatic N) is 1. The van der Waals surface area contributed by atoms with E-state index >= 15 is 0 Å². The molecule has 1 saturated carbocycles. The molecule has 0 spiro atoms. The topological polar surface area (TPSA) is 54.0 Å². The van der Waals surface area contributed by atoms with E-state index < -0.39 is 0 Å². The van der Waals surface area contributed by atoms with Crippen LogP contribution in [0.2, 0.25) is 0 Å². The molecule has 1 amide bonds. The van der Waals surface area contributed by atoms with Gasteiger partial charge in [0.1, 0.15) is 5.01 Å². The number of aromatic nitrogens is 1. The molecule has 2 N–H and O–H groups in total. The third-order valence-corrected chi connectivity index (χ3v) is 4.07. The fourth-order valence-electron chi connectivity index (χ4n) is 2.13. The lowest BCUT2D eigenvalue weighted by atomic mass is 10.2. The number of carbonyl (C=O) groups is 1. The van der Waals surface area contributed by atoms with Gasteiger partial charge in [-0.1, -0.05) is 12.8 Å². The summed E-state index contributed by atoms with van der Waals surface area (Å²) in [4.78, 5) is 15.9. The van der Waals surface area contributed by atoms with Crippen LogP contribution >= 0.6 is 11.3 Å². The number of rotatable bonds is 5. The lowest BCUT2D eigenvalue weighted by Crippen LogP contribution is -2.39. The quantitative estimate of drug-likeness (QED) is 0.842. The van der Waals surface area contributed by atoms with Gasteiger partial charge in [-0.15, -0.1) is 11.3 Å². The van der Waals surface area contributed by atoms with Crippen molar-refractivity contribution in [2.45, 2.75) is 44.7 Å². The maximum Gasteiger partial charge on any atom is 0.234 e. The summed E-state index contributed by atoms with van der Waals surface area (Å²) in [6, 6.07) is 0.545. The number of amides is 1. The first-order chi connectivity index (χ1) is 8.25. The highest BCUT2D eigenvalue weighted by Gasteiger charge is 2.17. The minimum absolute atomic E-state index is 0.0975. The van der Waals surface area contributed by atoms with E-state index in [2.05, 4.69) is 15.6 Å². The third-order valence-electron chi connectivity index (χ3n) is 3.11. The standard InChI is InChI=1S/C12H19N3OS/c1-9(12-13-6-7-17-12)14-8-11(16)15-10-4-2-3-5-10/h6-7,9-10,14H,2-5,8H2,1H3,(H,15,16). The second-order valence-electron chi connectivity index (χ2n) is 4.52. The van der Waals surface area contributed by atoms with Crippen LogP contribution in [-0.2, 0) is 4.79 Å². The summed E-state index contributed by atoms with van der Waals surface area (Å²) in [5.74, 6) is 0.0975. The number of hydrogen-bond donors (Lipinski definition) is 2. The van der Waals surface area contributed by atoms with Crippen LogP contribution in [-0.4, -0.2) is 23.5 Å². The van der Waals surface area contributed by atoms with Crippen LogP contribution in [0.5, 0.6) is 0 Å². The zero-order valence-corrected chi connectivity index (χ0v) is 10.9. The molecule has 0 bridgehead atoms. The summed E-state index contributed by atoms with van der Waals surface area (Å²) in [6.45, 7) is 2.40. The smallest absolute Gasteiger partial charge is 0.234 e. The van der Waals surface area contributed by atoms with Gasteiger partial charge in [-0.2, -0.15) is 0 Å². The summed E-state index contributed by atoms with van der Waals surface area (Å²) < 4.78 is 0. The minimum atomic E-state index is 0.0975. The van der Waals surface area contributed by atoms with Gasteiger partial charge in [0.05, 0.1) is 12.6 Å². The number of nitrogens with one attached hydrogen (secondary N) is 2. The van der Waals surface area contributed by atoms with Crippen LogP contribution < -0.4 is 10.6 Å². The van der Waals surface area contributed by atoms with E-state index in [1.807, 2.05) is 12.3 Å². The predicted octanol–water partition coefficient (Wildman–Crippen LogP) is 1.85. The first-order valence-corrected chi connectivity index (χ1v) is 7.06. The number of carbonyl (C=O) groups excluding carboxylic acids is 1. The molecular weight excluding hydrogens is 234 g/mol. The molecule has 0 saturated heterocycles.